The molecule has 8 nitrogen and oxygen atoms in total. The Morgan fingerprint density at radius 2 is 1.85 bits per heavy atom. The molecule has 0 aliphatic heterocycles. The number of carbonyl (C=O) groups is 1. The fraction of sp³-hybridized carbons (Fsp3) is 0.368. The summed E-state index contributed by atoms with van der Waals surface area (Å²) in [5, 5.41) is 8.68. The summed E-state index contributed by atoms with van der Waals surface area (Å²) in [5.74, 6) is 1.43. The van der Waals surface area contributed by atoms with Crippen molar-refractivity contribution in [1.29, 1.82) is 0 Å². The molecule has 0 unspecified atom stereocenters. The molecule has 0 aliphatic carbocycles. The minimum Gasteiger partial charge on any atom is -0.347 e. The Bertz CT molecular complexity index is 924. The van der Waals surface area contributed by atoms with Gasteiger partial charge in [0, 0.05) is 64.2 Å². The third kappa shape index (κ3) is 3.99. The number of aryl methyl sites for hydroxylation is 2. The second kappa shape index (κ2) is 7.61. The van der Waals surface area contributed by atoms with Crippen LogP contribution in [-0.4, -0.2) is 56.5 Å². The van der Waals surface area contributed by atoms with Crippen molar-refractivity contribution in [2.75, 3.05) is 26.0 Å². The van der Waals surface area contributed by atoms with Crippen LogP contribution >= 0.6 is 0 Å². The molecule has 2 aromatic heterocycles. The zero-order valence-corrected chi connectivity index (χ0v) is 16.4. The summed E-state index contributed by atoms with van der Waals surface area (Å²) in [5.41, 5.74) is 2.51. The first kappa shape index (κ1) is 18.6. The second-order valence-electron chi connectivity index (χ2n) is 6.71. The lowest BCUT2D eigenvalue weighted by molar-refractivity contribution is 0.0785. The molecule has 0 spiro atoms. The van der Waals surface area contributed by atoms with Crippen molar-refractivity contribution in [2.45, 2.75) is 20.0 Å². The highest BCUT2D eigenvalue weighted by Crippen LogP contribution is 2.20. The molecule has 1 aromatic carbocycles. The van der Waals surface area contributed by atoms with Gasteiger partial charge in [0.25, 0.3) is 5.91 Å². The van der Waals surface area contributed by atoms with Gasteiger partial charge in [-0.15, -0.1) is 5.10 Å². The SMILES string of the molecule is CCn1nc(-c2ccc(C(=O)N(C)Cc3cnn(C)c3)cc2)nc1N(C)C. The Labute approximate surface area is 159 Å². The second-order valence-corrected chi connectivity index (χ2v) is 6.71. The van der Waals surface area contributed by atoms with Crippen molar-refractivity contribution < 1.29 is 4.79 Å². The number of aromatic nitrogens is 5. The topological polar surface area (TPSA) is 72.1 Å². The lowest BCUT2D eigenvalue weighted by Gasteiger charge is -2.16. The molecule has 27 heavy (non-hydrogen) atoms. The number of hydrogen-bond donors (Lipinski definition) is 0. The van der Waals surface area contributed by atoms with Crippen LogP contribution in [0.25, 0.3) is 11.4 Å². The van der Waals surface area contributed by atoms with E-state index in [0.29, 0.717) is 17.9 Å². The van der Waals surface area contributed by atoms with Gasteiger partial charge in [-0.3, -0.25) is 9.48 Å². The molecule has 142 valence electrons. The maximum absolute atomic E-state index is 12.7. The van der Waals surface area contributed by atoms with Gasteiger partial charge in [0.05, 0.1) is 6.20 Å². The van der Waals surface area contributed by atoms with Gasteiger partial charge in [0.15, 0.2) is 5.82 Å². The van der Waals surface area contributed by atoms with Crippen molar-refractivity contribution in [1.82, 2.24) is 29.4 Å². The Morgan fingerprint density at radius 3 is 2.37 bits per heavy atom. The molecular weight excluding hydrogens is 342 g/mol. The van der Waals surface area contributed by atoms with Gasteiger partial charge in [-0.1, -0.05) is 12.1 Å². The number of rotatable bonds is 6. The van der Waals surface area contributed by atoms with Crippen LogP contribution in [0, 0.1) is 0 Å². The zero-order chi connectivity index (χ0) is 19.6. The summed E-state index contributed by atoms with van der Waals surface area (Å²) in [4.78, 5) is 20.9. The van der Waals surface area contributed by atoms with Crippen molar-refractivity contribution in [3.8, 4) is 11.4 Å². The van der Waals surface area contributed by atoms with Crippen LogP contribution in [-0.2, 0) is 20.1 Å². The predicted octanol–water partition coefficient (Wildman–Crippen LogP) is 2.04. The van der Waals surface area contributed by atoms with Crippen LogP contribution in [0.4, 0.5) is 5.95 Å². The average Bonchev–Trinajstić information content (AvgIpc) is 3.27. The van der Waals surface area contributed by atoms with Gasteiger partial charge < -0.3 is 9.80 Å². The number of amides is 1. The van der Waals surface area contributed by atoms with E-state index in [2.05, 4.69) is 15.2 Å². The molecular formula is C19H25N7O. The monoisotopic (exact) mass is 367 g/mol. The molecule has 3 aromatic rings. The van der Waals surface area contributed by atoms with E-state index in [1.807, 2.05) is 68.1 Å². The van der Waals surface area contributed by atoms with E-state index in [1.54, 1.807) is 22.8 Å². The Morgan fingerprint density at radius 1 is 1.15 bits per heavy atom. The van der Waals surface area contributed by atoms with Crippen LogP contribution in [0.15, 0.2) is 36.7 Å². The van der Waals surface area contributed by atoms with Gasteiger partial charge >= 0.3 is 0 Å². The van der Waals surface area contributed by atoms with Crippen molar-refractivity contribution in [2.24, 2.45) is 7.05 Å². The third-order valence-electron chi connectivity index (χ3n) is 4.27. The van der Waals surface area contributed by atoms with Crippen molar-refractivity contribution in [3.05, 3.63) is 47.8 Å². The van der Waals surface area contributed by atoms with Crippen molar-refractivity contribution >= 4 is 11.9 Å². The molecule has 0 N–H and O–H groups in total. The standard InChI is InChI=1S/C19H25N7O/c1-6-26-19(23(2)3)21-17(22-26)15-7-9-16(10-8-15)18(27)24(4)12-14-11-20-25(5)13-14/h7-11,13H,6,12H2,1-5H3. The van der Waals surface area contributed by atoms with Gasteiger partial charge in [-0.2, -0.15) is 10.1 Å². The van der Waals surface area contributed by atoms with E-state index in [9.17, 15) is 4.79 Å². The molecule has 3 rings (SSSR count). The number of carbonyl (C=O) groups excluding carboxylic acids is 1. The fourth-order valence-corrected chi connectivity index (χ4v) is 2.88. The molecule has 0 saturated carbocycles. The van der Waals surface area contributed by atoms with E-state index in [0.717, 1.165) is 23.6 Å². The van der Waals surface area contributed by atoms with Crippen molar-refractivity contribution in [3.63, 3.8) is 0 Å². The van der Waals surface area contributed by atoms with E-state index in [-0.39, 0.29) is 5.91 Å². The number of hydrogen-bond acceptors (Lipinski definition) is 5. The Hall–Kier alpha value is -3.16. The molecule has 0 atom stereocenters. The number of nitrogens with zero attached hydrogens (tertiary/aromatic N) is 7. The molecule has 0 saturated heterocycles. The van der Waals surface area contributed by atoms with Crippen LogP contribution in [0.5, 0.6) is 0 Å². The maximum atomic E-state index is 12.7. The first-order chi connectivity index (χ1) is 12.9. The first-order valence-electron chi connectivity index (χ1n) is 8.84. The summed E-state index contributed by atoms with van der Waals surface area (Å²) in [6, 6.07) is 7.42. The summed E-state index contributed by atoms with van der Waals surface area (Å²) < 4.78 is 3.59. The molecule has 2 heterocycles. The van der Waals surface area contributed by atoms with Crippen LogP contribution in [0.3, 0.4) is 0 Å². The van der Waals surface area contributed by atoms with Crippen LogP contribution < -0.4 is 4.90 Å². The van der Waals surface area contributed by atoms with E-state index in [1.165, 1.54) is 0 Å². The molecule has 8 heteroatoms. The van der Waals surface area contributed by atoms with E-state index in [4.69, 9.17) is 0 Å². The van der Waals surface area contributed by atoms with E-state index >= 15 is 0 Å². The minimum atomic E-state index is -0.0357. The predicted molar refractivity (Wildman–Crippen MR) is 104 cm³/mol. The minimum absolute atomic E-state index is 0.0357. The lowest BCUT2D eigenvalue weighted by atomic mass is 10.1. The molecule has 0 radical (unpaired) electrons. The van der Waals surface area contributed by atoms with Gasteiger partial charge in [0.2, 0.25) is 5.95 Å². The molecule has 0 bridgehead atoms. The van der Waals surface area contributed by atoms with Gasteiger partial charge in [0.1, 0.15) is 0 Å². The fourth-order valence-electron chi connectivity index (χ4n) is 2.88. The quantitative estimate of drug-likeness (QED) is 0.667. The summed E-state index contributed by atoms with van der Waals surface area (Å²) in [6.45, 7) is 3.30. The van der Waals surface area contributed by atoms with Crippen LogP contribution in [0.2, 0.25) is 0 Å². The van der Waals surface area contributed by atoms with Crippen LogP contribution in [0.1, 0.15) is 22.8 Å². The highest BCUT2D eigenvalue weighted by Gasteiger charge is 2.15. The molecule has 1 amide bonds. The number of benzene rings is 1. The molecule has 0 fully saturated rings. The maximum Gasteiger partial charge on any atom is 0.253 e. The number of anilines is 1. The van der Waals surface area contributed by atoms with Gasteiger partial charge in [-0.05, 0) is 19.1 Å². The summed E-state index contributed by atoms with van der Waals surface area (Å²) in [7, 11) is 7.54. The first-order valence-corrected chi connectivity index (χ1v) is 8.84. The van der Waals surface area contributed by atoms with Gasteiger partial charge in [-0.25, -0.2) is 4.68 Å². The lowest BCUT2D eigenvalue weighted by Crippen LogP contribution is -2.25. The smallest absolute Gasteiger partial charge is 0.253 e. The zero-order valence-electron chi connectivity index (χ0n) is 16.4. The summed E-state index contributed by atoms with van der Waals surface area (Å²) in [6.07, 6.45) is 3.68. The normalized spacial score (nSPS) is 10.9. The highest BCUT2D eigenvalue weighted by atomic mass is 16.2. The highest BCUT2D eigenvalue weighted by molar-refractivity contribution is 5.94. The third-order valence-corrected chi connectivity index (χ3v) is 4.27. The Balaban J connectivity index is 1.75. The Kier molecular flexibility index (Phi) is 5.25. The summed E-state index contributed by atoms with van der Waals surface area (Å²) >= 11 is 0. The largest absolute Gasteiger partial charge is 0.347 e. The molecule has 0 aliphatic rings. The van der Waals surface area contributed by atoms with E-state index < -0.39 is 0 Å². The average molecular weight is 367 g/mol.